The monoisotopic (exact) mass is 324 g/mol. The molecule has 130 valence electrons. The van der Waals surface area contributed by atoms with Crippen LogP contribution in [0.1, 0.15) is 56.2 Å². The molecule has 0 saturated carbocycles. The second-order valence-corrected chi connectivity index (χ2v) is 6.70. The number of hydrogen-bond donors (Lipinski definition) is 0. The molecule has 24 heavy (non-hydrogen) atoms. The molecule has 0 bridgehead atoms. The van der Waals surface area contributed by atoms with E-state index >= 15 is 0 Å². The fraction of sp³-hybridized carbons (Fsp3) is 0.500. The van der Waals surface area contributed by atoms with Gasteiger partial charge in [0.05, 0.1) is 5.52 Å². The molecule has 2 nitrogen and oxygen atoms in total. The highest BCUT2D eigenvalue weighted by Gasteiger charge is 2.07. The molecule has 0 radical (unpaired) electrons. The van der Waals surface area contributed by atoms with Crippen molar-refractivity contribution in [2.45, 2.75) is 52.9 Å². The van der Waals surface area contributed by atoms with Crippen molar-refractivity contribution < 1.29 is 0 Å². The van der Waals surface area contributed by atoms with Crippen LogP contribution in [0.3, 0.4) is 0 Å². The lowest BCUT2D eigenvalue weighted by Gasteiger charge is -2.20. The van der Waals surface area contributed by atoms with E-state index in [1.165, 1.54) is 67.4 Å². The second kappa shape index (κ2) is 9.58. The van der Waals surface area contributed by atoms with Gasteiger partial charge in [-0.1, -0.05) is 26.5 Å². The standard InChI is InChI=1S/C22H32N2/c1-5-13-24(14-6-2)15-9-8-10-20-17-22-21(16-19(20)7-3)18(4)11-12-23-22/h7,11-12,16-17H,3,5-6,8-10,13-15H2,1-2,4H3. The van der Waals surface area contributed by atoms with E-state index in [2.05, 4.69) is 55.4 Å². The van der Waals surface area contributed by atoms with E-state index in [0.29, 0.717) is 0 Å². The summed E-state index contributed by atoms with van der Waals surface area (Å²) in [5, 5.41) is 1.24. The van der Waals surface area contributed by atoms with Crippen LogP contribution in [0.4, 0.5) is 0 Å². The number of hydrogen-bond acceptors (Lipinski definition) is 2. The van der Waals surface area contributed by atoms with E-state index < -0.39 is 0 Å². The number of unbranched alkanes of at least 4 members (excludes halogenated alkanes) is 1. The van der Waals surface area contributed by atoms with Crippen LogP contribution in [0, 0.1) is 6.92 Å². The van der Waals surface area contributed by atoms with Gasteiger partial charge >= 0.3 is 0 Å². The first-order valence-electron chi connectivity index (χ1n) is 9.42. The van der Waals surface area contributed by atoms with Crippen molar-refractivity contribution in [3.05, 3.63) is 47.7 Å². The third kappa shape index (κ3) is 4.91. The number of fused-ring (bicyclic) bond motifs is 1. The van der Waals surface area contributed by atoms with Gasteiger partial charge in [0.2, 0.25) is 0 Å². The molecular weight excluding hydrogens is 292 g/mol. The van der Waals surface area contributed by atoms with Crippen molar-refractivity contribution in [3.63, 3.8) is 0 Å². The molecule has 2 aromatic rings. The quantitative estimate of drug-likeness (QED) is 0.526. The fourth-order valence-corrected chi connectivity index (χ4v) is 3.42. The van der Waals surface area contributed by atoms with E-state index in [-0.39, 0.29) is 0 Å². The number of pyridine rings is 1. The molecule has 1 aromatic carbocycles. The minimum atomic E-state index is 1.11. The summed E-state index contributed by atoms with van der Waals surface area (Å²) in [7, 11) is 0. The zero-order valence-corrected chi connectivity index (χ0v) is 15.6. The average Bonchev–Trinajstić information content (AvgIpc) is 2.58. The SMILES string of the molecule is C=Cc1cc2c(C)ccnc2cc1CCCCN(CCC)CCC. The van der Waals surface area contributed by atoms with Gasteiger partial charge in [-0.3, -0.25) is 4.98 Å². The molecule has 2 rings (SSSR count). The van der Waals surface area contributed by atoms with Gasteiger partial charge in [-0.05, 0) is 93.6 Å². The van der Waals surface area contributed by atoms with Crippen molar-refractivity contribution in [1.82, 2.24) is 9.88 Å². The first-order chi connectivity index (χ1) is 11.7. The Kier molecular flexibility index (Phi) is 7.45. The first-order valence-corrected chi connectivity index (χ1v) is 9.42. The molecule has 2 heteroatoms. The highest BCUT2D eigenvalue weighted by atomic mass is 15.1. The third-order valence-corrected chi connectivity index (χ3v) is 4.69. The molecule has 0 unspecified atom stereocenters. The predicted molar refractivity (Wildman–Crippen MR) is 107 cm³/mol. The van der Waals surface area contributed by atoms with Gasteiger partial charge in [0.15, 0.2) is 0 Å². The van der Waals surface area contributed by atoms with E-state index in [4.69, 9.17) is 0 Å². The number of aromatic nitrogens is 1. The average molecular weight is 325 g/mol. The maximum Gasteiger partial charge on any atom is 0.0707 e. The Hall–Kier alpha value is -1.67. The van der Waals surface area contributed by atoms with Gasteiger partial charge < -0.3 is 4.90 Å². The molecule has 0 saturated heterocycles. The Morgan fingerprint density at radius 1 is 1.08 bits per heavy atom. The lowest BCUT2D eigenvalue weighted by molar-refractivity contribution is 0.269. The maximum absolute atomic E-state index is 4.54. The number of benzene rings is 1. The fourth-order valence-electron chi connectivity index (χ4n) is 3.42. The zero-order valence-electron chi connectivity index (χ0n) is 15.6. The van der Waals surface area contributed by atoms with Crippen LogP contribution < -0.4 is 0 Å². The van der Waals surface area contributed by atoms with Crippen LogP contribution in [-0.4, -0.2) is 29.5 Å². The van der Waals surface area contributed by atoms with Crippen molar-refractivity contribution >= 4 is 17.0 Å². The Bertz CT molecular complexity index is 654. The zero-order chi connectivity index (χ0) is 17.4. The molecular formula is C22H32N2. The summed E-state index contributed by atoms with van der Waals surface area (Å²) in [6, 6.07) is 6.58. The number of rotatable bonds is 10. The van der Waals surface area contributed by atoms with E-state index in [9.17, 15) is 0 Å². The van der Waals surface area contributed by atoms with Gasteiger partial charge in [-0.15, -0.1) is 0 Å². The molecule has 0 aliphatic carbocycles. The summed E-state index contributed by atoms with van der Waals surface area (Å²) >= 11 is 0. The molecule has 0 atom stereocenters. The van der Waals surface area contributed by atoms with Gasteiger partial charge in [-0.25, -0.2) is 0 Å². The summed E-state index contributed by atoms with van der Waals surface area (Å²) in [5.74, 6) is 0. The summed E-state index contributed by atoms with van der Waals surface area (Å²) in [6.07, 6.45) is 9.98. The van der Waals surface area contributed by atoms with Gasteiger partial charge in [0.1, 0.15) is 0 Å². The van der Waals surface area contributed by atoms with Crippen LogP contribution in [0.15, 0.2) is 31.0 Å². The van der Waals surface area contributed by atoms with E-state index in [0.717, 1.165) is 11.9 Å². The van der Waals surface area contributed by atoms with Crippen LogP contribution in [0.5, 0.6) is 0 Å². The Labute approximate surface area is 147 Å². The van der Waals surface area contributed by atoms with Crippen molar-refractivity contribution in [1.29, 1.82) is 0 Å². The molecule has 0 amide bonds. The van der Waals surface area contributed by atoms with Gasteiger partial charge in [0, 0.05) is 11.6 Å². The summed E-state index contributed by atoms with van der Waals surface area (Å²) < 4.78 is 0. The second-order valence-electron chi connectivity index (χ2n) is 6.70. The lowest BCUT2D eigenvalue weighted by Crippen LogP contribution is -2.26. The number of aryl methyl sites for hydroxylation is 2. The largest absolute Gasteiger partial charge is 0.303 e. The maximum atomic E-state index is 4.54. The van der Waals surface area contributed by atoms with Gasteiger partial charge in [0.25, 0.3) is 0 Å². The third-order valence-electron chi connectivity index (χ3n) is 4.69. The Balaban J connectivity index is 2.00. The molecule has 0 N–H and O–H groups in total. The van der Waals surface area contributed by atoms with Crippen LogP contribution >= 0.6 is 0 Å². The molecule has 0 spiro atoms. The first kappa shape index (κ1) is 18.7. The summed E-state index contributed by atoms with van der Waals surface area (Å²) in [5.41, 5.74) is 5.03. The van der Waals surface area contributed by atoms with Crippen LogP contribution in [0.25, 0.3) is 17.0 Å². The highest BCUT2D eigenvalue weighted by Crippen LogP contribution is 2.23. The number of nitrogens with zero attached hydrogens (tertiary/aromatic N) is 2. The molecule has 0 aliphatic rings. The topological polar surface area (TPSA) is 16.1 Å². The summed E-state index contributed by atoms with van der Waals surface area (Å²) in [6.45, 7) is 14.4. The van der Waals surface area contributed by atoms with Gasteiger partial charge in [-0.2, -0.15) is 0 Å². The van der Waals surface area contributed by atoms with Crippen LogP contribution in [-0.2, 0) is 6.42 Å². The van der Waals surface area contributed by atoms with E-state index in [1.54, 1.807) is 0 Å². The minimum Gasteiger partial charge on any atom is -0.303 e. The molecule has 1 aromatic heterocycles. The van der Waals surface area contributed by atoms with Crippen molar-refractivity contribution in [2.75, 3.05) is 19.6 Å². The molecule has 0 fully saturated rings. The minimum absolute atomic E-state index is 1.11. The Morgan fingerprint density at radius 2 is 1.83 bits per heavy atom. The van der Waals surface area contributed by atoms with Crippen LogP contribution in [0.2, 0.25) is 0 Å². The summed E-state index contributed by atoms with van der Waals surface area (Å²) in [4.78, 5) is 7.14. The van der Waals surface area contributed by atoms with Crippen molar-refractivity contribution in [3.8, 4) is 0 Å². The normalized spacial score (nSPS) is 11.3. The molecule has 1 heterocycles. The van der Waals surface area contributed by atoms with E-state index in [1.807, 2.05) is 12.3 Å². The Morgan fingerprint density at radius 3 is 2.50 bits per heavy atom. The predicted octanol–water partition coefficient (Wildman–Crippen LogP) is 5.63. The highest BCUT2D eigenvalue weighted by molar-refractivity contribution is 5.85. The smallest absolute Gasteiger partial charge is 0.0707 e. The molecule has 0 aliphatic heterocycles. The van der Waals surface area contributed by atoms with Crippen molar-refractivity contribution in [2.24, 2.45) is 0 Å². The lowest BCUT2D eigenvalue weighted by atomic mass is 9.97.